The van der Waals surface area contributed by atoms with Crippen LogP contribution < -0.4 is 5.32 Å². The zero-order valence-corrected chi connectivity index (χ0v) is 11.2. The van der Waals surface area contributed by atoms with Crippen molar-refractivity contribution < 1.29 is 9.90 Å². The van der Waals surface area contributed by atoms with Crippen LogP contribution in [0, 0.1) is 5.92 Å². The topological polar surface area (TPSA) is 49.3 Å². The third-order valence-corrected chi connectivity index (χ3v) is 3.77. The van der Waals surface area contributed by atoms with Crippen molar-refractivity contribution in [1.82, 2.24) is 0 Å². The van der Waals surface area contributed by atoms with Crippen molar-refractivity contribution >= 4 is 22.4 Å². The van der Waals surface area contributed by atoms with Crippen molar-refractivity contribution in [2.45, 2.75) is 19.3 Å². The van der Waals surface area contributed by atoms with Crippen LogP contribution in [0.5, 0.6) is 0 Å². The maximum absolute atomic E-state index is 12.3. The van der Waals surface area contributed by atoms with E-state index in [2.05, 4.69) is 5.32 Å². The largest absolute Gasteiger partial charge is 0.512 e. The number of nitrogens with one attached hydrogen (secondary N) is 1. The van der Waals surface area contributed by atoms with Gasteiger partial charge in [0, 0.05) is 11.1 Å². The van der Waals surface area contributed by atoms with E-state index < -0.39 is 5.92 Å². The van der Waals surface area contributed by atoms with Crippen LogP contribution in [0.3, 0.4) is 0 Å². The number of hydrogen-bond acceptors (Lipinski definition) is 2. The normalized spacial score (nSPS) is 18.6. The fourth-order valence-corrected chi connectivity index (χ4v) is 2.68. The van der Waals surface area contributed by atoms with Crippen molar-refractivity contribution in [1.29, 1.82) is 0 Å². The smallest absolute Gasteiger partial charge is 0.235 e. The highest BCUT2D eigenvalue weighted by atomic mass is 16.3. The monoisotopic (exact) mass is 267 g/mol. The molecule has 0 aliphatic heterocycles. The molecule has 1 atom stereocenters. The lowest BCUT2D eigenvalue weighted by molar-refractivity contribution is -0.119. The van der Waals surface area contributed by atoms with E-state index in [9.17, 15) is 9.90 Å². The van der Waals surface area contributed by atoms with E-state index >= 15 is 0 Å². The number of carbonyl (C=O) groups excluding carboxylic acids is 1. The number of allylic oxidation sites excluding steroid dienone is 1. The predicted octanol–water partition coefficient (Wildman–Crippen LogP) is 4.02. The van der Waals surface area contributed by atoms with E-state index in [0.29, 0.717) is 6.42 Å². The molecule has 3 heteroatoms. The number of aliphatic hydroxyl groups excluding tert-OH is 1. The van der Waals surface area contributed by atoms with E-state index in [0.717, 1.165) is 29.3 Å². The average Bonchev–Trinajstić information content (AvgIpc) is 2.48. The summed E-state index contributed by atoms with van der Waals surface area (Å²) in [6.45, 7) is 0. The summed E-state index contributed by atoms with van der Waals surface area (Å²) >= 11 is 0. The van der Waals surface area contributed by atoms with Crippen LogP contribution in [0.2, 0.25) is 0 Å². The van der Waals surface area contributed by atoms with Gasteiger partial charge in [0.2, 0.25) is 5.91 Å². The molecule has 0 heterocycles. The highest BCUT2D eigenvalue weighted by molar-refractivity contribution is 6.03. The van der Waals surface area contributed by atoms with E-state index in [4.69, 9.17) is 0 Å². The van der Waals surface area contributed by atoms with Gasteiger partial charge in [-0.1, -0.05) is 36.4 Å². The van der Waals surface area contributed by atoms with Crippen LogP contribution in [0.4, 0.5) is 5.69 Å². The molecular formula is C17H17NO2. The molecule has 1 aliphatic carbocycles. The summed E-state index contributed by atoms with van der Waals surface area (Å²) in [7, 11) is 0. The maximum atomic E-state index is 12.3. The molecule has 0 bridgehead atoms. The standard InChI is InChI=1S/C17H17NO2/c19-16-11-4-3-9-14(16)17(20)18-15-10-5-7-12-6-1-2-8-13(12)15/h1-2,5-8,10-11,14,19H,3-4,9H2,(H,18,20). The summed E-state index contributed by atoms with van der Waals surface area (Å²) in [6, 6.07) is 13.8. The lowest BCUT2D eigenvalue weighted by Gasteiger charge is -2.20. The molecule has 2 N–H and O–H groups in total. The molecule has 3 nitrogen and oxygen atoms in total. The molecule has 0 radical (unpaired) electrons. The molecule has 20 heavy (non-hydrogen) atoms. The lowest BCUT2D eigenvalue weighted by atomic mass is 9.93. The van der Waals surface area contributed by atoms with Gasteiger partial charge in [-0.25, -0.2) is 0 Å². The first-order valence-corrected chi connectivity index (χ1v) is 6.93. The van der Waals surface area contributed by atoms with Crippen molar-refractivity contribution in [3.05, 3.63) is 54.3 Å². The maximum Gasteiger partial charge on any atom is 0.235 e. The second-order valence-electron chi connectivity index (χ2n) is 5.13. The number of rotatable bonds is 2. The third kappa shape index (κ3) is 2.39. The van der Waals surface area contributed by atoms with E-state index in [1.165, 1.54) is 0 Å². The molecule has 1 amide bonds. The summed E-state index contributed by atoms with van der Waals surface area (Å²) in [6.07, 6.45) is 4.25. The summed E-state index contributed by atoms with van der Waals surface area (Å²) in [4.78, 5) is 12.3. The molecule has 0 saturated heterocycles. The first-order valence-electron chi connectivity index (χ1n) is 6.93. The minimum atomic E-state index is -0.414. The molecule has 3 rings (SSSR count). The Morgan fingerprint density at radius 1 is 1.15 bits per heavy atom. The Kier molecular flexibility index (Phi) is 3.42. The molecule has 0 fully saturated rings. The SMILES string of the molecule is O=C(Nc1cccc2ccccc12)C1CCCC=C1O. The Bertz CT molecular complexity index is 670. The van der Waals surface area contributed by atoms with Crippen molar-refractivity contribution in [3.63, 3.8) is 0 Å². The van der Waals surface area contributed by atoms with Crippen LogP contribution in [-0.4, -0.2) is 11.0 Å². The van der Waals surface area contributed by atoms with Crippen molar-refractivity contribution in [2.75, 3.05) is 5.32 Å². The van der Waals surface area contributed by atoms with Crippen LogP contribution >= 0.6 is 0 Å². The van der Waals surface area contributed by atoms with Gasteiger partial charge in [0.15, 0.2) is 0 Å². The van der Waals surface area contributed by atoms with Gasteiger partial charge in [-0.2, -0.15) is 0 Å². The molecule has 1 aliphatic rings. The fourth-order valence-electron chi connectivity index (χ4n) is 2.68. The third-order valence-electron chi connectivity index (χ3n) is 3.77. The van der Waals surface area contributed by atoms with Crippen LogP contribution in [0.25, 0.3) is 10.8 Å². The van der Waals surface area contributed by atoms with Gasteiger partial charge in [0.25, 0.3) is 0 Å². The number of aliphatic hydroxyl groups is 1. The second kappa shape index (κ2) is 5.37. The van der Waals surface area contributed by atoms with Crippen LogP contribution in [-0.2, 0) is 4.79 Å². The molecule has 0 spiro atoms. The Labute approximate surface area is 117 Å². The van der Waals surface area contributed by atoms with E-state index in [-0.39, 0.29) is 11.7 Å². The Morgan fingerprint density at radius 2 is 1.95 bits per heavy atom. The summed E-state index contributed by atoms with van der Waals surface area (Å²) in [5, 5.41) is 14.9. The fraction of sp³-hybridized carbons (Fsp3) is 0.235. The zero-order valence-electron chi connectivity index (χ0n) is 11.2. The van der Waals surface area contributed by atoms with E-state index in [1.807, 2.05) is 42.5 Å². The first kappa shape index (κ1) is 12.7. The second-order valence-corrected chi connectivity index (χ2v) is 5.13. The number of benzene rings is 2. The summed E-state index contributed by atoms with van der Waals surface area (Å²) in [5.41, 5.74) is 0.798. The number of hydrogen-bond donors (Lipinski definition) is 2. The van der Waals surface area contributed by atoms with Crippen molar-refractivity contribution in [3.8, 4) is 0 Å². The molecule has 0 aromatic heterocycles. The highest BCUT2D eigenvalue weighted by Crippen LogP contribution is 2.27. The van der Waals surface area contributed by atoms with Gasteiger partial charge < -0.3 is 10.4 Å². The van der Waals surface area contributed by atoms with Crippen LogP contribution in [0.1, 0.15) is 19.3 Å². The van der Waals surface area contributed by atoms with Gasteiger partial charge in [-0.05, 0) is 36.8 Å². The number of carbonyl (C=O) groups is 1. The Morgan fingerprint density at radius 3 is 2.80 bits per heavy atom. The number of amides is 1. The van der Waals surface area contributed by atoms with Gasteiger partial charge in [-0.3, -0.25) is 4.79 Å². The predicted molar refractivity (Wildman–Crippen MR) is 80.6 cm³/mol. The molecule has 102 valence electrons. The minimum absolute atomic E-state index is 0.130. The zero-order chi connectivity index (χ0) is 13.9. The van der Waals surface area contributed by atoms with Crippen molar-refractivity contribution in [2.24, 2.45) is 5.92 Å². The number of fused-ring (bicyclic) bond motifs is 1. The Balaban J connectivity index is 1.88. The summed E-state index contributed by atoms with van der Waals surface area (Å²) < 4.78 is 0. The first-order chi connectivity index (χ1) is 9.75. The molecule has 0 saturated carbocycles. The van der Waals surface area contributed by atoms with E-state index in [1.54, 1.807) is 6.08 Å². The molecule has 2 aromatic rings. The van der Waals surface area contributed by atoms with Gasteiger partial charge in [0.1, 0.15) is 5.76 Å². The van der Waals surface area contributed by atoms with Gasteiger partial charge >= 0.3 is 0 Å². The molecule has 1 unspecified atom stereocenters. The minimum Gasteiger partial charge on any atom is -0.512 e. The average molecular weight is 267 g/mol. The molecule has 2 aromatic carbocycles. The lowest BCUT2D eigenvalue weighted by Crippen LogP contribution is -2.26. The summed E-state index contributed by atoms with van der Waals surface area (Å²) in [5.74, 6) is -0.341. The van der Waals surface area contributed by atoms with Crippen LogP contribution in [0.15, 0.2) is 54.3 Å². The quantitative estimate of drug-likeness (QED) is 0.863. The van der Waals surface area contributed by atoms with Gasteiger partial charge in [0.05, 0.1) is 5.92 Å². The number of anilines is 1. The van der Waals surface area contributed by atoms with Gasteiger partial charge in [-0.15, -0.1) is 0 Å². The Hall–Kier alpha value is -2.29. The highest BCUT2D eigenvalue weighted by Gasteiger charge is 2.25. The molecular weight excluding hydrogens is 250 g/mol.